The van der Waals surface area contributed by atoms with E-state index < -0.39 is 48.7 Å². The highest BCUT2D eigenvalue weighted by Gasteiger charge is 2.56. The SMILES string of the molecule is CCCSP(=O)(NC(C)C(=O)OC(C)C)OC[C@H]1O[C@@H](N2C=CC(=O)CC2=O)[C@](C)(O)[C@@H]1O. The fourth-order valence-corrected chi connectivity index (χ4v) is 7.19. The second kappa shape index (κ2) is 11.4. The third-order valence-electron chi connectivity index (χ3n) is 4.97. The Morgan fingerprint density at radius 1 is 1.42 bits per heavy atom. The number of amides is 1. The molecule has 0 aromatic rings. The summed E-state index contributed by atoms with van der Waals surface area (Å²) in [6, 6.07) is -0.915. The Morgan fingerprint density at radius 3 is 2.67 bits per heavy atom. The number of carbonyl (C=O) groups excluding carboxylic acids is 3. The van der Waals surface area contributed by atoms with Crippen LogP contribution in [0.15, 0.2) is 12.3 Å². The first-order valence-electron chi connectivity index (χ1n) is 10.8. The van der Waals surface area contributed by atoms with Crippen LogP contribution in [0.3, 0.4) is 0 Å². The standard InChI is InChI=1S/C20H33N2O9PS/c1-6-9-33-32(28,21-13(4)18(26)30-12(2)3)29-11-15-17(25)20(5,27)19(31-15)22-8-7-14(23)10-16(22)24/h7-8,12-13,15,17,19,25,27H,6,9-11H2,1-5H3,(H,21,28)/t13?,15-,17-,19-,20-,32?/m1/s1. The molecule has 6 atom stereocenters. The molecule has 1 saturated heterocycles. The van der Waals surface area contributed by atoms with Gasteiger partial charge in [-0.3, -0.25) is 23.8 Å². The molecule has 13 heteroatoms. The lowest BCUT2D eigenvalue weighted by Gasteiger charge is -2.34. The van der Waals surface area contributed by atoms with Gasteiger partial charge in [0.2, 0.25) is 5.91 Å². The summed E-state index contributed by atoms with van der Waals surface area (Å²) in [4.78, 5) is 36.9. The van der Waals surface area contributed by atoms with Gasteiger partial charge in [0, 0.05) is 12.0 Å². The second-order valence-corrected chi connectivity index (χ2v) is 12.8. The van der Waals surface area contributed by atoms with Crippen molar-refractivity contribution in [3.8, 4) is 0 Å². The Morgan fingerprint density at radius 2 is 2.09 bits per heavy atom. The summed E-state index contributed by atoms with van der Waals surface area (Å²) in [5.41, 5.74) is -1.88. The maximum absolute atomic E-state index is 13.4. The monoisotopic (exact) mass is 508 g/mol. The molecule has 0 aromatic heterocycles. The van der Waals surface area contributed by atoms with E-state index in [0.29, 0.717) is 12.2 Å². The van der Waals surface area contributed by atoms with E-state index in [-0.39, 0.29) is 24.9 Å². The summed E-state index contributed by atoms with van der Waals surface area (Å²) in [5, 5.41) is 24.1. The van der Waals surface area contributed by atoms with Gasteiger partial charge >= 0.3 is 12.7 Å². The van der Waals surface area contributed by atoms with Gasteiger partial charge in [-0.15, -0.1) is 0 Å². The minimum Gasteiger partial charge on any atom is -0.462 e. The predicted octanol–water partition coefficient (Wildman–Crippen LogP) is 1.34. The van der Waals surface area contributed by atoms with Crippen molar-refractivity contribution in [1.82, 2.24) is 9.99 Å². The summed E-state index contributed by atoms with van der Waals surface area (Å²) in [6.45, 7) is 4.09. The van der Waals surface area contributed by atoms with Gasteiger partial charge in [0.1, 0.15) is 23.9 Å². The number of esters is 1. The van der Waals surface area contributed by atoms with Crippen LogP contribution in [-0.2, 0) is 32.9 Å². The molecule has 0 aliphatic carbocycles. The molecule has 1 fully saturated rings. The highest BCUT2D eigenvalue weighted by molar-refractivity contribution is 8.56. The quantitative estimate of drug-likeness (QED) is 0.211. The van der Waals surface area contributed by atoms with E-state index in [0.717, 1.165) is 16.3 Å². The zero-order valence-corrected chi connectivity index (χ0v) is 21.1. The number of ketones is 1. The van der Waals surface area contributed by atoms with Crippen LogP contribution in [0.25, 0.3) is 0 Å². The maximum atomic E-state index is 13.4. The normalized spacial score (nSPS) is 30.5. The van der Waals surface area contributed by atoms with E-state index in [9.17, 15) is 29.2 Å². The smallest absolute Gasteiger partial charge is 0.327 e. The molecule has 0 bridgehead atoms. The van der Waals surface area contributed by atoms with Crippen molar-refractivity contribution < 1.29 is 43.2 Å². The van der Waals surface area contributed by atoms with Crippen molar-refractivity contribution in [2.45, 2.75) is 83.6 Å². The molecule has 188 valence electrons. The maximum Gasteiger partial charge on any atom is 0.327 e. The van der Waals surface area contributed by atoms with Crippen LogP contribution in [0.1, 0.15) is 47.5 Å². The van der Waals surface area contributed by atoms with Crippen LogP contribution in [0.5, 0.6) is 0 Å². The fourth-order valence-electron chi connectivity index (χ4n) is 3.25. The molecule has 2 aliphatic heterocycles. The zero-order chi connectivity index (χ0) is 25.0. The highest BCUT2D eigenvalue weighted by Crippen LogP contribution is 2.57. The first-order chi connectivity index (χ1) is 15.3. The molecule has 33 heavy (non-hydrogen) atoms. The van der Waals surface area contributed by atoms with Crippen LogP contribution < -0.4 is 5.09 Å². The van der Waals surface area contributed by atoms with Gasteiger partial charge in [-0.1, -0.05) is 18.3 Å². The molecule has 0 spiro atoms. The van der Waals surface area contributed by atoms with Gasteiger partial charge in [-0.25, -0.2) is 5.09 Å². The van der Waals surface area contributed by atoms with Crippen LogP contribution in [0.4, 0.5) is 0 Å². The molecule has 0 saturated carbocycles. The summed E-state index contributed by atoms with van der Waals surface area (Å²) >= 11 is 1.00. The van der Waals surface area contributed by atoms with Crippen LogP contribution in [0, 0.1) is 0 Å². The van der Waals surface area contributed by atoms with Crippen molar-refractivity contribution in [3.63, 3.8) is 0 Å². The number of aliphatic hydroxyl groups excluding tert-OH is 1. The fraction of sp³-hybridized carbons (Fsp3) is 0.750. The molecular weight excluding hydrogens is 475 g/mol. The molecule has 0 aromatic carbocycles. The number of hydrogen-bond donors (Lipinski definition) is 3. The van der Waals surface area contributed by atoms with Crippen molar-refractivity contribution >= 4 is 35.8 Å². The summed E-state index contributed by atoms with van der Waals surface area (Å²) in [7, 11) is 0. The van der Waals surface area contributed by atoms with Gasteiger partial charge in [0.05, 0.1) is 19.1 Å². The average molecular weight is 509 g/mol. The van der Waals surface area contributed by atoms with E-state index in [2.05, 4.69) is 5.09 Å². The average Bonchev–Trinajstić information content (AvgIpc) is 2.94. The molecule has 2 aliphatic rings. The van der Waals surface area contributed by atoms with E-state index in [1.54, 1.807) is 13.8 Å². The van der Waals surface area contributed by atoms with Gasteiger partial charge in [0.15, 0.2) is 12.0 Å². The minimum absolute atomic E-state index is 0.339. The second-order valence-electron chi connectivity index (χ2n) is 8.42. The van der Waals surface area contributed by atoms with E-state index >= 15 is 0 Å². The number of aliphatic hydroxyl groups is 2. The summed E-state index contributed by atoms with van der Waals surface area (Å²) in [6.07, 6.45) is -1.49. The number of rotatable bonds is 11. The Bertz CT molecular complexity index is 819. The van der Waals surface area contributed by atoms with E-state index in [1.165, 1.54) is 26.1 Å². The number of ether oxygens (including phenoxy) is 2. The zero-order valence-electron chi connectivity index (χ0n) is 19.4. The van der Waals surface area contributed by atoms with Crippen molar-refractivity contribution in [1.29, 1.82) is 0 Å². The molecule has 2 heterocycles. The van der Waals surface area contributed by atoms with Crippen molar-refractivity contribution in [2.75, 3.05) is 12.4 Å². The summed E-state index contributed by atoms with van der Waals surface area (Å²) < 4.78 is 29.8. The molecular formula is C20H33N2O9PS. The first-order valence-corrected chi connectivity index (χ1v) is 14.0. The van der Waals surface area contributed by atoms with Crippen molar-refractivity contribution in [2.24, 2.45) is 0 Å². The molecule has 0 radical (unpaired) electrons. The minimum atomic E-state index is -3.63. The van der Waals surface area contributed by atoms with Gasteiger partial charge in [0.25, 0.3) is 0 Å². The Kier molecular flexibility index (Phi) is 9.70. The Balaban J connectivity index is 2.10. The molecule has 11 nitrogen and oxygen atoms in total. The topological polar surface area (TPSA) is 152 Å². The molecule has 3 N–H and O–H groups in total. The van der Waals surface area contributed by atoms with E-state index in [4.69, 9.17) is 14.0 Å². The number of hydrogen-bond acceptors (Lipinski definition) is 10. The number of allylic oxidation sites excluding steroid dienone is 1. The Labute approximate surface area is 197 Å². The molecule has 1 amide bonds. The van der Waals surface area contributed by atoms with Crippen molar-refractivity contribution in [3.05, 3.63) is 12.3 Å². The lowest BCUT2D eigenvalue weighted by molar-refractivity contribution is -0.158. The van der Waals surface area contributed by atoms with Gasteiger partial charge in [-0.05, 0) is 40.2 Å². The van der Waals surface area contributed by atoms with Gasteiger partial charge < -0.3 is 24.2 Å². The first kappa shape index (κ1) is 28.0. The lowest BCUT2D eigenvalue weighted by atomic mass is 9.95. The van der Waals surface area contributed by atoms with Crippen LogP contribution in [-0.4, -0.2) is 81.3 Å². The van der Waals surface area contributed by atoms with Crippen LogP contribution in [0.2, 0.25) is 0 Å². The predicted molar refractivity (Wildman–Crippen MR) is 121 cm³/mol. The summed E-state index contributed by atoms with van der Waals surface area (Å²) in [5.74, 6) is -1.06. The third-order valence-corrected chi connectivity index (χ3v) is 9.30. The number of carbonyl (C=O) groups is 3. The lowest BCUT2D eigenvalue weighted by Crippen LogP contribution is -2.54. The number of nitrogens with one attached hydrogen (secondary N) is 1. The molecule has 2 rings (SSSR count). The van der Waals surface area contributed by atoms with E-state index in [1.807, 2.05) is 6.92 Å². The highest BCUT2D eigenvalue weighted by atomic mass is 32.7. The Hall–Kier alpha value is -1.27. The third kappa shape index (κ3) is 7.11. The van der Waals surface area contributed by atoms with Gasteiger partial charge in [-0.2, -0.15) is 0 Å². The molecule has 2 unspecified atom stereocenters. The largest absolute Gasteiger partial charge is 0.462 e. The van der Waals surface area contributed by atoms with Crippen LogP contribution >= 0.6 is 18.1 Å². The number of nitrogens with zero attached hydrogens (tertiary/aromatic N) is 1.